The molecule has 41 heavy (non-hydrogen) atoms. The number of amides is 1. The van der Waals surface area contributed by atoms with E-state index in [1.807, 2.05) is 32.0 Å². The summed E-state index contributed by atoms with van der Waals surface area (Å²) in [5.41, 5.74) is 9.77. The van der Waals surface area contributed by atoms with E-state index in [0.29, 0.717) is 41.4 Å². The maximum Gasteiger partial charge on any atom is 0.281 e. The van der Waals surface area contributed by atoms with Crippen LogP contribution in [0.1, 0.15) is 34.6 Å². The van der Waals surface area contributed by atoms with Crippen LogP contribution in [-0.2, 0) is 7.05 Å². The molecule has 1 aliphatic rings. The molecule has 1 unspecified atom stereocenters. The molecular formula is C28H32ClN9O2S. The van der Waals surface area contributed by atoms with Crippen LogP contribution in [0.15, 0.2) is 47.4 Å². The number of piperazine rings is 1. The van der Waals surface area contributed by atoms with Gasteiger partial charge in [0.1, 0.15) is 11.0 Å². The largest absolute Gasteiger partial charge is 0.384 e. The number of halogens is 1. The van der Waals surface area contributed by atoms with Crippen molar-refractivity contribution in [1.82, 2.24) is 24.2 Å². The van der Waals surface area contributed by atoms with Crippen molar-refractivity contribution >= 4 is 63.5 Å². The number of nitrogens with two attached hydrogens (primary N) is 1. The van der Waals surface area contributed by atoms with Gasteiger partial charge in [-0.2, -0.15) is 0 Å². The molecule has 1 aromatic carbocycles. The fourth-order valence-corrected chi connectivity index (χ4v) is 5.51. The molecule has 1 saturated heterocycles. The third kappa shape index (κ3) is 5.89. The van der Waals surface area contributed by atoms with Gasteiger partial charge in [0.05, 0.1) is 34.5 Å². The quantitative estimate of drug-likeness (QED) is 0.215. The molecule has 1 atom stereocenters. The molecule has 3 aromatic heterocycles. The Hall–Kier alpha value is -4.03. The number of anilines is 4. The summed E-state index contributed by atoms with van der Waals surface area (Å²) in [5, 5.41) is 4.16. The highest BCUT2D eigenvalue weighted by Gasteiger charge is 2.24. The number of pyridine rings is 2. The van der Waals surface area contributed by atoms with E-state index in [-0.39, 0.29) is 28.4 Å². The summed E-state index contributed by atoms with van der Waals surface area (Å²) in [7, 11) is 1.76. The smallest absolute Gasteiger partial charge is 0.281 e. The number of aromatic nitrogens is 4. The second-order valence-corrected chi connectivity index (χ2v) is 11.0. The standard InChI is InChI=1S/C28H32ClN9O2S/c1-16-13-19(17(2)32-21-6-7-22(29)33-25(21)26(39)35-41-4)24-20(14-16)27(40)36(3)28(34-24)38-11-9-37(10-12-38)18-5-8-23(30)31-15-18/h5-8,13-15,17,32H,9-12H2,1-4H3,(H2,30,31)(H,35,39). The molecule has 0 radical (unpaired) electrons. The van der Waals surface area contributed by atoms with E-state index in [9.17, 15) is 9.59 Å². The Balaban J connectivity index is 1.48. The molecule has 0 aliphatic carbocycles. The summed E-state index contributed by atoms with van der Waals surface area (Å²) in [5.74, 6) is 0.749. The zero-order valence-electron chi connectivity index (χ0n) is 23.3. The second kappa shape index (κ2) is 11.8. The lowest BCUT2D eigenvalue weighted by Crippen LogP contribution is -2.48. The minimum atomic E-state index is -0.355. The lowest BCUT2D eigenvalue weighted by atomic mass is 10.0. The molecule has 4 heterocycles. The summed E-state index contributed by atoms with van der Waals surface area (Å²) >= 11 is 7.28. The summed E-state index contributed by atoms with van der Waals surface area (Å²) in [6, 6.07) is 10.7. The SMILES string of the molecule is CSNC(=O)c1nc(Cl)ccc1NC(C)c1cc(C)cc2c(=O)n(C)c(N3CCN(c4ccc(N)nc4)CC3)nc12. The van der Waals surface area contributed by atoms with Gasteiger partial charge in [-0.25, -0.2) is 15.0 Å². The topological polar surface area (TPSA) is 134 Å². The van der Waals surface area contributed by atoms with Gasteiger partial charge in [-0.05, 0) is 49.7 Å². The molecule has 11 nitrogen and oxygen atoms in total. The predicted octanol–water partition coefficient (Wildman–Crippen LogP) is 3.78. The molecule has 5 rings (SSSR count). The first-order valence-electron chi connectivity index (χ1n) is 13.2. The number of fused-ring (bicyclic) bond motifs is 1. The third-order valence-electron chi connectivity index (χ3n) is 7.14. The highest BCUT2D eigenvalue weighted by Crippen LogP contribution is 2.29. The second-order valence-electron chi connectivity index (χ2n) is 9.97. The Morgan fingerprint density at radius 1 is 1.10 bits per heavy atom. The summed E-state index contributed by atoms with van der Waals surface area (Å²) in [6.07, 6.45) is 3.54. The van der Waals surface area contributed by atoms with Crippen LogP contribution >= 0.6 is 23.5 Å². The van der Waals surface area contributed by atoms with Crippen molar-refractivity contribution in [2.24, 2.45) is 7.05 Å². The van der Waals surface area contributed by atoms with Gasteiger partial charge in [0.2, 0.25) is 5.95 Å². The lowest BCUT2D eigenvalue weighted by molar-refractivity contribution is 0.0980. The average Bonchev–Trinajstić information content (AvgIpc) is 2.96. The summed E-state index contributed by atoms with van der Waals surface area (Å²) in [4.78, 5) is 44.2. The number of benzene rings is 1. The Bertz CT molecular complexity index is 1650. The van der Waals surface area contributed by atoms with Gasteiger partial charge in [-0.15, -0.1) is 0 Å². The third-order valence-corrected chi connectivity index (χ3v) is 7.74. The Labute approximate surface area is 247 Å². The molecule has 1 fully saturated rings. The Morgan fingerprint density at radius 3 is 2.51 bits per heavy atom. The van der Waals surface area contributed by atoms with Gasteiger partial charge in [0.15, 0.2) is 5.69 Å². The number of nitrogens with one attached hydrogen (secondary N) is 2. The van der Waals surface area contributed by atoms with Gasteiger partial charge in [-0.1, -0.05) is 29.6 Å². The van der Waals surface area contributed by atoms with Crippen LogP contribution < -0.4 is 31.1 Å². The van der Waals surface area contributed by atoms with Crippen LogP contribution in [0.2, 0.25) is 5.15 Å². The van der Waals surface area contributed by atoms with Gasteiger partial charge >= 0.3 is 0 Å². The number of hydrogen-bond acceptors (Lipinski definition) is 10. The molecule has 1 aliphatic heterocycles. The van der Waals surface area contributed by atoms with Gasteiger partial charge in [0, 0.05) is 45.0 Å². The van der Waals surface area contributed by atoms with Crippen LogP contribution in [0, 0.1) is 6.92 Å². The molecular weight excluding hydrogens is 562 g/mol. The molecule has 0 bridgehead atoms. The van der Waals surface area contributed by atoms with Crippen molar-refractivity contribution in [3.63, 3.8) is 0 Å². The van der Waals surface area contributed by atoms with E-state index in [2.05, 4.69) is 29.8 Å². The average molecular weight is 594 g/mol. The number of hydrogen-bond donors (Lipinski definition) is 3. The number of nitrogens with zero attached hydrogens (tertiary/aromatic N) is 6. The zero-order valence-corrected chi connectivity index (χ0v) is 24.9. The maximum absolute atomic E-state index is 13.6. The monoisotopic (exact) mass is 593 g/mol. The van der Waals surface area contributed by atoms with E-state index in [4.69, 9.17) is 22.3 Å². The molecule has 13 heteroatoms. The molecule has 4 N–H and O–H groups in total. The molecule has 1 amide bonds. The van der Waals surface area contributed by atoms with Crippen LogP contribution in [0.25, 0.3) is 10.9 Å². The maximum atomic E-state index is 13.6. The highest BCUT2D eigenvalue weighted by atomic mass is 35.5. The number of aryl methyl sites for hydroxylation is 1. The zero-order chi connectivity index (χ0) is 29.3. The Morgan fingerprint density at radius 2 is 1.83 bits per heavy atom. The predicted molar refractivity (Wildman–Crippen MR) is 167 cm³/mol. The van der Waals surface area contributed by atoms with Crippen molar-refractivity contribution in [1.29, 1.82) is 0 Å². The first-order chi connectivity index (χ1) is 19.7. The minimum absolute atomic E-state index is 0.111. The molecule has 0 spiro atoms. The van der Waals surface area contributed by atoms with Crippen molar-refractivity contribution in [3.05, 3.63) is 74.9 Å². The molecule has 4 aromatic rings. The number of rotatable bonds is 7. The van der Waals surface area contributed by atoms with Crippen LogP contribution in [0.3, 0.4) is 0 Å². The first-order valence-corrected chi connectivity index (χ1v) is 14.8. The normalized spacial score (nSPS) is 14.3. The van der Waals surface area contributed by atoms with Crippen LogP contribution in [-0.4, -0.2) is 57.9 Å². The first kappa shape index (κ1) is 28.5. The van der Waals surface area contributed by atoms with E-state index < -0.39 is 0 Å². The minimum Gasteiger partial charge on any atom is -0.384 e. The van der Waals surface area contributed by atoms with E-state index >= 15 is 0 Å². The van der Waals surface area contributed by atoms with Crippen molar-refractivity contribution in [2.75, 3.05) is 53.3 Å². The molecule has 214 valence electrons. The van der Waals surface area contributed by atoms with Crippen molar-refractivity contribution < 1.29 is 4.79 Å². The van der Waals surface area contributed by atoms with Crippen molar-refractivity contribution in [2.45, 2.75) is 19.9 Å². The Kier molecular flexibility index (Phi) is 8.22. The fraction of sp³-hybridized carbons (Fsp3) is 0.321. The fourth-order valence-electron chi connectivity index (χ4n) is 5.08. The van der Waals surface area contributed by atoms with Crippen LogP contribution in [0.4, 0.5) is 23.1 Å². The number of carbonyl (C=O) groups is 1. The van der Waals surface area contributed by atoms with E-state index in [0.717, 1.165) is 29.9 Å². The van der Waals surface area contributed by atoms with Crippen LogP contribution in [0.5, 0.6) is 0 Å². The van der Waals surface area contributed by atoms with E-state index in [1.165, 1.54) is 11.9 Å². The summed E-state index contributed by atoms with van der Waals surface area (Å²) in [6.45, 7) is 6.81. The van der Waals surface area contributed by atoms with Gasteiger partial charge < -0.3 is 20.9 Å². The number of nitrogen functional groups attached to an aromatic ring is 1. The van der Waals surface area contributed by atoms with Gasteiger partial charge in [-0.3, -0.25) is 18.9 Å². The lowest BCUT2D eigenvalue weighted by Gasteiger charge is -2.37. The summed E-state index contributed by atoms with van der Waals surface area (Å²) < 4.78 is 4.32. The molecule has 0 saturated carbocycles. The van der Waals surface area contributed by atoms with E-state index in [1.54, 1.807) is 42.3 Å². The highest BCUT2D eigenvalue weighted by molar-refractivity contribution is 7.97. The van der Waals surface area contributed by atoms with Gasteiger partial charge in [0.25, 0.3) is 11.5 Å². The number of carbonyl (C=O) groups excluding carboxylic acids is 1. The van der Waals surface area contributed by atoms with Crippen molar-refractivity contribution in [3.8, 4) is 0 Å².